The molecule has 0 saturated heterocycles. The van der Waals surface area contributed by atoms with Gasteiger partial charge in [-0.1, -0.05) is 33.3 Å². The molecule has 0 spiro atoms. The smallest absolute Gasteiger partial charge is 0.0140 e. The Labute approximate surface area is 83.8 Å². The monoisotopic (exact) mass is 183 g/mol. The maximum absolute atomic E-state index is 2.31. The van der Waals surface area contributed by atoms with Gasteiger partial charge in [0.05, 0.1) is 0 Å². The van der Waals surface area contributed by atoms with Crippen LogP contribution < -0.4 is 0 Å². The molecule has 0 radical (unpaired) electrons. The molecule has 1 unspecified atom stereocenters. The van der Waals surface area contributed by atoms with E-state index in [4.69, 9.17) is 0 Å². The van der Waals surface area contributed by atoms with Gasteiger partial charge in [-0.2, -0.15) is 0 Å². The minimum absolute atomic E-state index is 0.807. The molecule has 0 aliphatic carbocycles. The fourth-order valence-corrected chi connectivity index (χ4v) is 1.43. The average molecular weight is 183 g/mol. The van der Waals surface area contributed by atoms with Gasteiger partial charge in [0.25, 0.3) is 0 Å². The van der Waals surface area contributed by atoms with Gasteiger partial charge in [-0.25, -0.2) is 0 Å². The predicted molar refractivity (Wildman–Crippen MR) is 60.7 cm³/mol. The Hall–Kier alpha value is -0.460. The Morgan fingerprint density at radius 3 is 2.23 bits per heavy atom. The van der Waals surface area contributed by atoms with E-state index in [1.807, 2.05) is 0 Å². The molecular weight excluding hydrogens is 158 g/mol. The van der Waals surface area contributed by atoms with Crippen LogP contribution in [0.3, 0.4) is 0 Å². The van der Waals surface area contributed by atoms with Gasteiger partial charge < -0.3 is 4.90 Å². The van der Waals surface area contributed by atoms with Crippen molar-refractivity contribution in [2.45, 2.75) is 40.5 Å². The third kappa shape index (κ3) is 5.73. The summed E-state index contributed by atoms with van der Waals surface area (Å²) >= 11 is 0. The molecule has 78 valence electrons. The highest BCUT2D eigenvalue weighted by Crippen LogP contribution is 2.19. The SMILES string of the molecule is CCC(C/C=C\N(C)CC)C(C)C. The lowest BCUT2D eigenvalue weighted by molar-refractivity contribution is 0.374. The largest absolute Gasteiger partial charge is 0.381 e. The second-order valence-electron chi connectivity index (χ2n) is 4.11. The first-order valence-electron chi connectivity index (χ1n) is 5.48. The van der Waals surface area contributed by atoms with Gasteiger partial charge in [0.2, 0.25) is 0 Å². The summed E-state index contributed by atoms with van der Waals surface area (Å²) in [5.41, 5.74) is 0. The molecule has 1 heteroatoms. The highest BCUT2D eigenvalue weighted by atomic mass is 15.1. The van der Waals surface area contributed by atoms with Crippen molar-refractivity contribution in [2.75, 3.05) is 13.6 Å². The number of hydrogen-bond donors (Lipinski definition) is 0. The van der Waals surface area contributed by atoms with Gasteiger partial charge in [-0.3, -0.25) is 0 Å². The third-order valence-corrected chi connectivity index (χ3v) is 2.76. The van der Waals surface area contributed by atoms with E-state index in [1.165, 1.54) is 12.8 Å². The maximum Gasteiger partial charge on any atom is 0.0140 e. The molecule has 0 saturated carbocycles. The molecule has 1 atom stereocenters. The summed E-state index contributed by atoms with van der Waals surface area (Å²) in [5, 5.41) is 0. The number of rotatable bonds is 6. The molecule has 0 N–H and O–H groups in total. The van der Waals surface area contributed by atoms with Crippen LogP contribution in [-0.2, 0) is 0 Å². The first-order valence-corrected chi connectivity index (χ1v) is 5.48. The summed E-state index contributed by atoms with van der Waals surface area (Å²) in [6.45, 7) is 10.2. The Morgan fingerprint density at radius 2 is 1.85 bits per heavy atom. The van der Waals surface area contributed by atoms with Crippen molar-refractivity contribution in [2.24, 2.45) is 11.8 Å². The molecule has 0 heterocycles. The van der Waals surface area contributed by atoms with Crippen LogP contribution in [0.5, 0.6) is 0 Å². The second-order valence-corrected chi connectivity index (χ2v) is 4.11. The minimum atomic E-state index is 0.807. The average Bonchev–Trinajstić information content (AvgIpc) is 2.11. The predicted octanol–water partition coefficient (Wildman–Crippen LogP) is 3.52. The summed E-state index contributed by atoms with van der Waals surface area (Å²) in [4.78, 5) is 2.22. The lowest BCUT2D eigenvalue weighted by Gasteiger charge is -2.17. The molecule has 13 heavy (non-hydrogen) atoms. The lowest BCUT2D eigenvalue weighted by Crippen LogP contribution is -2.10. The van der Waals surface area contributed by atoms with Gasteiger partial charge in [0.1, 0.15) is 0 Å². The summed E-state index contributed by atoms with van der Waals surface area (Å²) in [6.07, 6.45) is 7.01. The fourth-order valence-electron chi connectivity index (χ4n) is 1.43. The van der Waals surface area contributed by atoms with Crippen LogP contribution in [-0.4, -0.2) is 18.5 Å². The van der Waals surface area contributed by atoms with Crippen molar-refractivity contribution >= 4 is 0 Å². The molecular formula is C12H25N. The van der Waals surface area contributed by atoms with Crippen molar-refractivity contribution in [1.29, 1.82) is 0 Å². The number of allylic oxidation sites excluding steroid dienone is 1. The van der Waals surface area contributed by atoms with Crippen molar-refractivity contribution in [3.05, 3.63) is 12.3 Å². The van der Waals surface area contributed by atoms with Crippen molar-refractivity contribution < 1.29 is 0 Å². The zero-order valence-electron chi connectivity index (χ0n) is 9.88. The van der Waals surface area contributed by atoms with E-state index in [0.717, 1.165) is 18.4 Å². The van der Waals surface area contributed by atoms with Gasteiger partial charge in [-0.15, -0.1) is 0 Å². The summed E-state index contributed by atoms with van der Waals surface area (Å²) in [7, 11) is 2.12. The Balaban J connectivity index is 3.77. The molecule has 0 aliphatic heterocycles. The molecule has 0 bridgehead atoms. The van der Waals surface area contributed by atoms with E-state index in [2.05, 4.69) is 51.9 Å². The van der Waals surface area contributed by atoms with Crippen molar-refractivity contribution in [3.63, 3.8) is 0 Å². The molecule has 0 aromatic rings. The van der Waals surface area contributed by atoms with Crippen molar-refractivity contribution in [3.8, 4) is 0 Å². The van der Waals surface area contributed by atoms with Gasteiger partial charge in [-0.05, 0) is 31.4 Å². The van der Waals surface area contributed by atoms with Crippen LogP contribution in [0.25, 0.3) is 0 Å². The van der Waals surface area contributed by atoms with Gasteiger partial charge in [0.15, 0.2) is 0 Å². The molecule has 0 fully saturated rings. The Bertz CT molecular complexity index is 138. The Kier molecular flexibility index (Phi) is 6.75. The summed E-state index contributed by atoms with van der Waals surface area (Å²) < 4.78 is 0. The normalized spacial score (nSPS) is 14.0. The number of nitrogens with zero attached hydrogens (tertiary/aromatic N) is 1. The van der Waals surface area contributed by atoms with Crippen LogP contribution in [0.2, 0.25) is 0 Å². The van der Waals surface area contributed by atoms with Crippen LogP contribution in [0, 0.1) is 11.8 Å². The molecule has 0 rings (SSSR count). The minimum Gasteiger partial charge on any atom is -0.381 e. The zero-order valence-corrected chi connectivity index (χ0v) is 9.88. The van der Waals surface area contributed by atoms with Crippen LogP contribution in [0.15, 0.2) is 12.3 Å². The molecule has 0 aromatic carbocycles. The van der Waals surface area contributed by atoms with Gasteiger partial charge >= 0.3 is 0 Å². The third-order valence-electron chi connectivity index (χ3n) is 2.76. The molecule has 0 amide bonds. The molecule has 0 aromatic heterocycles. The van der Waals surface area contributed by atoms with Crippen LogP contribution in [0.1, 0.15) is 40.5 Å². The summed E-state index contributed by atoms with van der Waals surface area (Å²) in [5.74, 6) is 1.66. The van der Waals surface area contributed by atoms with Crippen LogP contribution in [0.4, 0.5) is 0 Å². The van der Waals surface area contributed by atoms with E-state index in [0.29, 0.717) is 0 Å². The molecule has 0 aliphatic rings. The van der Waals surface area contributed by atoms with Crippen molar-refractivity contribution in [1.82, 2.24) is 4.90 Å². The quantitative estimate of drug-likeness (QED) is 0.609. The van der Waals surface area contributed by atoms with Crippen LogP contribution >= 0.6 is 0 Å². The van der Waals surface area contributed by atoms with E-state index in [9.17, 15) is 0 Å². The first-order chi connectivity index (χ1) is 6.11. The zero-order chi connectivity index (χ0) is 10.3. The van der Waals surface area contributed by atoms with E-state index < -0.39 is 0 Å². The first kappa shape index (κ1) is 12.5. The Morgan fingerprint density at radius 1 is 1.23 bits per heavy atom. The van der Waals surface area contributed by atoms with E-state index in [-0.39, 0.29) is 0 Å². The lowest BCUT2D eigenvalue weighted by atomic mass is 9.90. The highest BCUT2D eigenvalue weighted by Gasteiger charge is 2.08. The second kappa shape index (κ2) is 6.99. The fraction of sp³-hybridized carbons (Fsp3) is 0.833. The maximum atomic E-state index is 2.31. The topological polar surface area (TPSA) is 3.24 Å². The number of hydrogen-bond acceptors (Lipinski definition) is 1. The van der Waals surface area contributed by atoms with E-state index in [1.54, 1.807) is 0 Å². The summed E-state index contributed by atoms with van der Waals surface area (Å²) in [6, 6.07) is 0. The molecule has 1 nitrogen and oxygen atoms in total. The standard InChI is InChI=1S/C12H25N/c1-6-12(11(3)4)9-8-10-13(5)7-2/h8,10-12H,6-7,9H2,1-5H3/b10-8-. The van der Waals surface area contributed by atoms with E-state index >= 15 is 0 Å². The highest BCUT2D eigenvalue weighted by molar-refractivity contribution is 4.83. The van der Waals surface area contributed by atoms with Gasteiger partial charge in [0, 0.05) is 13.6 Å².